The molecule has 1 aromatic rings. The van der Waals surface area contributed by atoms with Gasteiger partial charge in [0, 0.05) is 36.2 Å². The van der Waals surface area contributed by atoms with E-state index in [0.717, 1.165) is 0 Å². The van der Waals surface area contributed by atoms with Crippen molar-refractivity contribution in [3.05, 3.63) is 18.2 Å². The molecule has 6 unspecified atom stereocenters. The Morgan fingerprint density at radius 1 is 0.818 bits per heavy atom. The third-order valence-electron chi connectivity index (χ3n) is 6.22. The largest absolute Gasteiger partial charge is 0.481 e. The molecule has 6 atom stereocenters. The van der Waals surface area contributed by atoms with Crippen LogP contribution in [0.5, 0.6) is 0 Å². The van der Waals surface area contributed by atoms with Crippen molar-refractivity contribution in [2.24, 2.45) is 11.7 Å². The van der Waals surface area contributed by atoms with Crippen LogP contribution in [0.1, 0.15) is 39.3 Å². The van der Waals surface area contributed by atoms with E-state index in [9.17, 15) is 38.7 Å². The van der Waals surface area contributed by atoms with Gasteiger partial charge in [0.25, 0.3) is 0 Å². The second-order valence-corrected chi connectivity index (χ2v) is 10.9. The van der Waals surface area contributed by atoms with Gasteiger partial charge in [0.05, 0.1) is 12.4 Å². The Morgan fingerprint density at radius 2 is 1.41 bits per heavy atom. The number of nitrogens with zero attached hydrogens (tertiary/aromatic N) is 1. The van der Waals surface area contributed by atoms with Gasteiger partial charge < -0.3 is 47.5 Å². The van der Waals surface area contributed by atoms with Crippen LogP contribution in [-0.4, -0.2) is 109 Å². The number of aromatic amines is 1. The van der Waals surface area contributed by atoms with Gasteiger partial charge in [0.15, 0.2) is 0 Å². The van der Waals surface area contributed by atoms with Gasteiger partial charge in [-0.2, -0.15) is 25.3 Å². The van der Waals surface area contributed by atoms with Crippen molar-refractivity contribution in [2.75, 3.05) is 11.5 Å². The summed E-state index contributed by atoms with van der Waals surface area (Å²) in [6, 6.07) is -7.31. The Kier molecular flexibility index (Phi) is 16.3. The van der Waals surface area contributed by atoms with E-state index < -0.39 is 90.1 Å². The Hall–Kier alpha value is -3.84. The topological polar surface area (TPSA) is 275 Å². The fourth-order valence-corrected chi connectivity index (χ4v) is 4.06. The number of hydrogen-bond acceptors (Lipinski definition) is 11. The van der Waals surface area contributed by atoms with Crippen LogP contribution in [-0.2, 0) is 40.0 Å². The highest BCUT2D eigenvalue weighted by molar-refractivity contribution is 7.80. The van der Waals surface area contributed by atoms with Crippen molar-refractivity contribution in [3.8, 4) is 0 Å². The minimum Gasteiger partial charge on any atom is -0.481 e. The summed E-state index contributed by atoms with van der Waals surface area (Å²) in [5, 5.41) is 30.2. The molecule has 17 nitrogen and oxygen atoms in total. The molecule has 1 heterocycles. The van der Waals surface area contributed by atoms with Crippen LogP contribution >= 0.6 is 25.3 Å². The molecule has 0 radical (unpaired) electrons. The first-order chi connectivity index (χ1) is 20.6. The van der Waals surface area contributed by atoms with E-state index in [1.165, 1.54) is 19.4 Å². The molecule has 0 aliphatic carbocycles. The zero-order valence-corrected chi connectivity index (χ0v) is 26.2. The van der Waals surface area contributed by atoms with Crippen LogP contribution < -0.4 is 32.3 Å². The van der Waals surface area contributed by atoms with E-state index in [-0.39, 0.29) is 24.3 Å². The predicted molar refractivity (Wildman–Crippen MR) is 163 cm³/mol. The van der Waals surface area contributed by atoms with Gasteiger partial charge in [-0.3, -0.25) is 28.8 Å². The number of thiol groups is 2. The van der Waals surface area contributed by atoms with Gasteiger partial charge in [0.2, 0.25) is 29.5 Å². The lowest BCUT2D eigenvalue weighted by Crippen LogP contribution is -2.60. The summed E-state index contributed by atoms with van der Waals surface area (Å²) in [5.41, 5.74) is 6.23. The van der Waals surface area contributed by atoms with Crippen LogP contribution in [0.25, 0.3) is 0 Å². The van der Waals surface area contributed by atoms with Crippen LogP contribution in [0.3, 0.4) is 0 Å². The zero-order chi connectivity index (χ0) is 33.6. The Morgan fingerprint density at radius 3 is 1.91 bits per heavy atom. The van der Waals surface area contributed by atoms with E-state index in [2.05, 4.69) is 61.8 Å². The normalized spacial score (nSPS) is 15.1. The maximum atomic E-state index is 13.1. The Labute approximate surface area is 264 Å². The van der Waals surface area contributed by atoms with Gasteiger partial charge in [0.1, 0.15) is 30.2 Å². The summed E-state index contributed by atoms with van der Waals surface area (Å²) in [6.07, 6.45) is 1.97. The standard InChI is InChI=1S/C25H40N8O9S2/c1-11(2)19(24(40)32-17(9-44)23(39)30-15(25(41)42)4-5-18(34)35)33-20(36)12(3)29-22(38)16(6-13-7-27-10-28-13)31-21(37)14(26)8-43/h7,10-12,14-17,19,43-44H,4-6,8-9,26H2,1-3H3,(H,27,28)(H,29,38)(H,30,39)(H,31,37)(H,32,40)(H,33,36)(H,34,35)(H,41,42). The number of nitrogens with one attached hydrogen (secondary N) is 6. The van der Waals surface area contributed by atoms with E-state index in [1.54, 1.807) is 13.8 Å². The van der Waals surface area contributed by atoms with Gasteiger partial charge in [-0.05, 0) is 19.3 Å². The summed E-state index contributed by atoms with van der Waals surface area (Å²) < 4.78 is 0. The number of carbonyl (C=O) groups is 7. The Balaban J connectivity index is 2.92. The van der Waals surface area contributed by atoms with Gasteiger partial charge >= 0.3 is 11.9 Å². The minimum absolute atomic E-state index is 0.00839. The van der Waals surface area contributed by atoms with Crippen LogP contribution in [0, 0.1) is 5.92 Å². The molecule has 19 heteroatoms. The van der Waals surface area contributed by atoms with Crippen molar-refractivity contribution >= 4 is 66.7 Å². The number of carboxylic acid groups (broad SMARTS) is 2. The number of nitrogens with two attached hydrogens (primary N) is 1. The molecule has 10 N–H and O–H groups in total. The van der Waals surface area contributed by atoms with E-state index in [1.807, 2.05) is 0 Å². The van der Waals surface area contributed by atoms with Crippen molar-refractivity contribution in [2.45, 2.75) is 76.3 Å². The number of aliphatic carboxylic acids is 2. The number of amides is 5. The number of H-pyrrole nitrogens is 1. The molecule has 0 spiro atoms. The Bertz CT molecular complexity index is 1170. The molecule has 0 fully saturated rings. The van der Waals surface area contributed by atoms with E-state index in [4.69, 9.17) is 10.8 Å². The zero-order valence-electron chi connectivity index (χ0n) is 24.4. The summed E-state index contributed by atoms with van der Waals surface area (Å²) in [5.74, 6) is -7.21. The highest BCUT2D eigenvalue weighted by atomic mass is 32.1. The van der Waals surface area contributed by atoms with Crippen molar-refractivity contribution < 1.29 is 43.8 Å². The number of hydrogen-bond donors (Lipinski definition) is 11. The summed E-state index contributed by atoms with van der Waals surface area (Å²) >= 11 is 8.02. The SMILES string of the molecule is CC(NC(=O)C(Cc1cnc[nH]1)NC(=O)C(N)CS)C(=O)NC(C(=O)NC(CS)C(=O)NC(CCC(=O)O)C(=O)O)C(C)C. The van der Waals surface area contributed by atoms with E-state index >= 15 is 0 Å². The molecule has 44 heavy (non-hydrogen) atoms. The van der Waals surface area contributed by atoms with Crippen molar-refractivity contribution in [1.29, 1.82) is 0 Å². The maximum absolute atomic E-state index is 13.1. The number of carbonyl (C=O) groups excluding carboxylic acids is 5. The smallest absolute Gasteiger partial charge is 0.326 e. The molecule has 0 aliphatic rings. The molecular weight excluding hydrogens is 620 g/mol. The first-order valence-corrected chi connectivity index (χ1v) is 14.8. The second kappa shape index (κ2) is 18.7. The molecule has 0 saturated carbocycles. The molecular formula is C25H40N8O9S2. The number of imidazole rings is 1. The molecule has 0 saturated heterocycles. The summed E-state index contributed by atoms with van der Waals surface area (Å²) in [7, 11) is 0. The number of rotatable bonds is 19. The average molecular weight is 661 g/mol. The average Bonchev–Trinajstić information content (AvgIpc) is 3.47. The minimum atomic E-state index is -1.52. The van der Waals surface area contributed by atoms with Crippen molar-refractivity contribution in [1.82, 2.24) is 36.6 Å². The molecule has 5 amide bonds. The van der Waals surface area contributed by atoms with Gasteiger partial charge in [-0.1, -0.05) is 13.8 Å². The molecule has 1 rings (SSSR count). The fraction of sp³-hybridized carbons (Fsp3) is 0.600. The summed E-state index contributed by atoms with van der Waals surface area (Å²) in [4.78, 5) is 93.1. The summed E-state index contributed by atoms with van der Waals surface area (Å²) in [6.45, 7) is 4.61. The molecule has 1 aromatic heterocycles. The first kappa shape index (κ1) is 38.2. The molecule has 246 valence electrons. The highest BCUT2D eigenvalue weighted by Crippen LogP contribution is 2.06. The second-order valence-electron chi connectivity index (χ2n) is 10.2. The first-order valence-electron chi connectivity index (χ1n) is 13.5. The van der Waals surface area contributed by atoms with E-state index in [0.29, 0.717) is 5.69 Å². The lowest BCUT2D eigenvalue weighted by Gasteiger charge is -2.27. The number of aromatic nitrogens is 2. The van der Waals surface area contributed by atoms with Crippen LogP contribution in [0.4, 0.5) is 0 Å². The van der Waals surface area contributed by atoms with Crippen LogP contribution in [0.2, 0.25) is 0 Å². The quantitative estimate of drug-likeness (QED) is 0.0674. The van der Waals surface area contributed by atoms with Crippen molar-refractivity contribution in [3.63, 3.8) is 0 Å². The highest BCUT2D eigenvalue weighted by Gasteiger charge is 2.32. The lowest BCUT2D eigenvalue weighted by molar-refractivity contribution is -0.143. The lowest BCUT2D eigenvalue weighted by atomic mass is 10.0. The predicted octanol–water partition coefficient (Wildman–Crippen LogP) is -2.81. The monoisotopic (exact) mass is 660 g/mol. The molecule has 0 aliphatic heterocycles. The molecule has 0 bridgehead atoms. The third kappa shape index (κ3) is 12.8. The third-order valence-corrected chi connectivity index (χ3v) is 6.98. The van der Waals surface area contributed by atoms with Gasteiger partial charge in [-0.25, -0.2) is 9.78 Å². The fourth-order valence-electron chi connectivity index (χ4n) is 3.63. The molecule has 0 aromatic carbocycles. The van der Waals surface area contributed by atoms with Crippen LogP contribution in [0.15, 0.2) is 12.5 Å². The number of carboxylic acids is 2. The maximum Gasteiger partial charge on any atom is 0.326 e. The van der Waals surface area contributed by atoms with Gasteiger partial charge in [-0.15, -0.1) is 0 Å².